The molecule has 0 aliphatic heterocycles. The lowest BCUT2D eigenvalue weighted by Crippen LogP contribution is -2.52. The summed E-state index contributed by atoms with van der Waals surface area (Å²) in [5.41, 5.74) is 8.95. The normalized spacial score (nSPS) is 39.2. The zero-order chi connectivity index (χ0) is 18.6. The number of fused-ring (bicyclic) bond motifs is 5. The Bertz CT molecular complexity index is 798. The monoisotopic (exact) mass is 363 g/mol. The van der Waals surface area contributed by atoms with E-state index in [1.54, 1.807) is 0 Å². The molecule has 4 aliphatic rings. The first kappa shape index (κ1) is 17.4. The minimum absolute atomic E-state index is 0.196. The van der Waals surface area contributed by atoms with Gasteiger partial charge in [0.2, 0.25) is 0 Å². The number of benzene rings is 1. The van der Waals surface area contributed by atoms with E-state index in [0.29, 0.717) is 48.1 Å². The highest BCUT2D eigenvalue weighted by Gasteiger charge is 2.60. The number of ketones is 2. The van der Waals surface area contributed by atoms with E-state index in [-0.39, 0.29) is 11.5 Å². The molecule has 0 radical (unpaired) electrons. The lowest BCUT2D eigenvalue weighted by atomic mass is 9.50. The fourth-order valence-corrected chi connectivity index (χ4v) is 7.13. The number of rotatable bonds is 2. The molecule has 3 nitrogen and oxygen atoms in total. The van der Waals surface area contributed by atoms with Crippen molar-refractivity contribution in [2.75, 3.05) is 0 Å². The number of carbonyl (C=O) groups excluding carboxylic acids is 2. The van der Waals surface area contributed by atoms with Gasteiger partial charge in [0.15, 0.2) is 0 Å². The third kappa shape index (κ3) is 2.51. The Labute approximate surface area is 161 Å². The molecule has 142 valence electrons. The average Bonchev–Trinajstić information content (AvgIpc) is 3.05. The molecule has 2 N–H and O–H groups in total. The van der Waals surface area contributed by atoms with E-state index >= 15 is 0 Å². The molecule has 0 heterocycles. The van der Waals surface area contributed by atoms with Crippen molar-refractivity contribution in [2.45, 2.75) is 57.4 Å². The summed E-state index contributed by atoms with van der Waals surface area (Å²) in [6.07, 6.45) is 9.51. The van der Waals surface area contributed by atoms with E-state index in [2.05, 4.69) is 18.2 Å². The first-order valence-corrected chi connectivity index (χ1v) is 10.7. The Hall–Kier alpha value is -1.74. The fourth-order valence-electron chi connectivity index (χ4n) is 7.13. The third-order valence-electron chi connectivity index (χ3n) is 8.32. The van der Waals surface area contributed by atoms with E-state index in [1.807, 2.05) is 18.2 Å². The summed E-state index contributed by atoms with van der Waals surface area (Å²) in [5, 5.41) is 0. The van der Waals surface area contributed by atoms with Crippen LogP contribution in [-0.2, 0) is 9.59 Å². The second kappa shape index (κ2) is 6.41. The molecule has 0 bridgehead atoms. The molecule has 6 atom stereocenters. The predicted molar refractivity (Wildman–Crippen MR) is 105 cm³/mol. The van der Waals surface area contributed by atoms with Crippen LogP contribution in [0.4, 0.5) is 0 Å². The highest BCUT2D eigenvalue weighted by molar-refractivity contribution is 5.88. The molecule has 0 aromatic heterocycles. The Balaban J connectivity index is 1.50. The summed E-state index contributed by atoms with van der Waals surface area (Å²) in [7, 11) is 0. The summed E-state index contributed by atoms with van der Waals surface area (Å²) in [4.78, 5) is 25.1. The first-order chi connectivity index (χ1) is 13.1. The summed E-state index contributed by atoms with van der Waals surface area (Å²) >= 11 is 0. The Morgan fingerprint density at radius 2 is 1.81 bits per heavy atom. The molecule has 1 aromatic carbocycles. The standard InChI is InChI=1S/C24H29NO2/c25-23(15-4-2-1-3-5-15)24-13-12-19-18-9-7-17(26)14-16(18)6-8-20(19)21(24)10-11-22(24)27/h1-6,18-21,23H,7-14,25H2/t18-,19+,20+,21-,23?,24+/m0/s1. The first-order valence-electron chi connectivity index (χ1n) is 10.7. The smallest absolute Gasteiger partial charge is 0.141 e. The van der Waals surface area contributed by atoms with Crippen molar-refractivity contribution >= 4 is 11.6 Å². The number of hydrogen-bond donors (Lipinski definition) is 1. The third-order valence-corrected chi connectivity index (χ3v) is 8.32. The number of allylic oxidation sites excluding steroid dienone is 2. The molecule has 27 heavy (non-hydrogen) atoms. The van der Waals surface area contributed by atoms with Crippen molar-refractivity contribution in [2.24, 2.45) is 34.8 Å². The van der Waals surface area contributed by atoms with Crippen LogP contribution in [0.15, 0.2) is 42.0 Å². The summed E-state index contributed by atoms with van der Waals surface area (Å²) < 4.78 is 0. The predicted octanol–water partition coefficient (Wildman–Crippen LogP) is 4.38. The van der Waals surface area contributed by atoms with Gasteiger partial charge in [0.1, 0.15) is 11.6 Å². The zero-order valence-corrected chi connectivity index (χ0v) is 15.9. The Kier molecular flexibility index (Phi) is 4.12. The second-order valence-corrected chi connectivity index (χ2v) is 9.24. The van der Waals surface area contributed by atoms with Gasteiger partial charge in [-0.1, -0.05) is 42.0 Å². The largest absolute Gasteiger partial charge is 0.323 e. The molecule has 0 amide bonds. The van der Waals surface area contributed by atoms with Gasteiger partial charge in [0, 0.05) is 25.3 Å². The van der Waals surface area contributed by atoms with Crippen LogP contribution in [0.5, 0.6) is 0 Å². The maximum Gasteiger partial charge on any atom is 0.141 e. The molecule has 0 spiro atoms. The van der Waals surface area contributed by atoms with Crippen molar-refractivity contribution in [1.29, 1.82) is 0 Å². The van der Waals surface area contributed by atoms with Gasteiger partial charge < -0.3 is 5.73 Å². The maximum atomic E-state index is 13.2. The second-order valence-electron chi connectivity index (χ2n) is 9.24. The van der Waals surface area contributed by atoms with Crippen molar-refractivity contribution in [3.63, 3.8) is 0 Å². The molecule has 3 saturated carbocycles. The minimum atomic E-state index is -0.377. The Morgan fingerprint density at radius 3 is 2.63 bits per heavy atom. The van der Waals surface area contributed by atoms with Gasteiger partial charge in [-0.3, -0.25) is 9.59 Å². The summed E-state index contributed by atoms with van der Waals surface area (Å²) in [6.45, 7) is 0. The quantitative estimate of drug-likeness (QED) is 0.793. The van der Waals surface area contributed by atoms with Gasteiger partial charge in [0.25, 0.3) is 0 Å². The van der Waals surface area contributed by atoms with Gasteiger partial charge in [-0.05, 0) is 61.3 Å². The molecular weight excluding hydrogens is 334 g/mol. The molecule has 0 saturated heterocycles. The molecular formula is C24H29NO2. The van der Waals surface area contributed by atoms with Gasteiger partial charge >= 0.3 is 0 Å². The van der Waals surface area contributed by atoms with Gasteiger partial charge in [-0.2, -0.15) is 0 Å². The maximum absolute atomic E-state index is 13.2. The summed E-state index contributed by atoms with van der Waals surface area (Å²) in [6, 6.07) is 10.0. The van der Waals surface area contributed by atoms with Crippen LogP contribution >= 0.6 is 0 Å². The molecule has 1 aromatic rings. The average molecular weight is 364 g/mol. The SMILES string of the molecule is NC(c1ccccc1)[C@]12CC[C@H]3[C@@H](CC=C4CC(=O)CC[C@@H]43)[C@@H]1CCC2=O. The number of carbonyl (C=O) groups is 2. The molecule has 1 unspecified atom stereocenters. The van der Waals surface area contributed by atoms with E-state index in [0.717, 1.165) is 44.1 Å². The topological polar surface area (TPSA) is 60.2 Å². The molecule has 3 fully saturated rings. The Morgan fingerprint density at radius 1 is 1.00 bits per heavy atom. The van der Waals surface area contributed by atoms with Gasteiger partial charge in [-0.25, -0.2) is 0 Å². The van der Waals surface area contributed by atoms with Crippen LogP contribution in [0.3, 0.4) is 0 Å². The van der Waals surface area contributed by atoms with Gasteiger partial charge in [-0.15, -0.1) is 0 Å². The zero-order valence-electron chi connectivity index (χ0n) is 15.9. The van der Waals surface area contributed by atoms with Crippen molar-refractivity contribution in [3.8, 4) is 0 Å². The van der Waals surface area contributed by atoms with Crippen molar-refractivity contribution in [3.05, 3.63) is 47.5 Å². The van der Waals surface area contributed by atoms with E-state index < -0.39 is 0 Å². The van der Waals surface area contributed by atoms with Crippen LogP contribution in [0.2, 0.25) is 0 Å². The van der Waals surface area contributed by atoms with Crippen LogP contribution in [0.25, 0.3) is 0 Å². The van der Waals surface area contributed by atoms with Crippen molar-refractivity contribution < 1.29 is 9.59 Å². The van der Waals surface area contributed by atoms with Crippen LogP contribution in [0.1, 0.15) is 63.0 Å². The highest BCUT2D eigenvalue weighted by atomic mass is 16.1. The van der Waals surface area contributed by atoms with Crippen LogP contribution in [-0.4, -0.2) is 11.6 Å². The number of Topliss-reactive ketones (excluding diaryl/α,β-unsaturated/α-hetero) is 2. The van der Waals surface area contributed by atoms with E-state index in [9.17, 15) is 9.59 Å². The molecule has 5 rings (SSSR count). The lowest BCUT2D eigenvalue weighted by Gasteiger charge is -2.54. The van der Waals surface area contributed by atoms with Gasteiger partial charge in [0.05, 0.1) is 5.41 Å². The fraction of sp³-hybridized carbons (Fsp3) is 0.583. The highest BCUT2D eigenvalue weighted by Crippen LogP contribution is 2.63. The van der Waals surface area contributed by atoms with Crippen molar-refractivity contribution in [1.82, 2.24) is 0 Å². The molecule has 3 heteroatoms. The van der Waals surface area contributed by atoms with E-state index in [4.69, 9.17) is 5.73 Å². The number of hydrogen-bond acceptors (Lipinski definition) is 3. The lowest BCUT2D eigenvalue weighted by molar-refractivity contribution is -0.134. The number of nitrogens with two attached hydrogens (primary N) is 1. The molecule has 4 aliphatic carbocycles. The minimum Gasteiger partial charge on any atom is -0.323 e. The summed E-state index contributed by atoms with van der Waals surface area (Å²) in [5.74, 6) is 2.98. The van der Waals surface area contributed by atoms with Crippen LogP contribution < -0.4 is 5.73 Å². The van der Waals surface area contributed by atoms with Crippen LogP contribution in [0, 0.1) is 29.1 Å². The van der Waals surface area contributed by atoms with E-state index in [1.165, 1.54) is 5.57 Å².